The molecule has 0 aliphatic carbocycles. The van der Waals surface area contributed by atoms with Crippen molar-refractivity contribution in [3.05, 3.63) is 47.9 Å². The molecule has 5 atom stereocenters. The molecule has 1 aromatic carbocycles. The van der Waals surface area contributed by atoms with E-state index in [1.54, 1.807) is 31.2 Å². The Morgan fingerprint density at radius 1 is 1.26 bits per heavy atom. The second-order valence-electron chi connectivity index (χ2n) is 9.04. The number of amides is 2. The number of ether oxygens (including phenoxy) is 2. The molecule has 17 heteroatoms. The summed E-state index contributed by atoms with van der Waals surface area (Å²) in [5, 5.41) is 51.7. The van der Waals surface area contributed by atoms with Crippen LogP contribution in [0, 0.1) is 0 Å². The zero-order valence-electron chi connectivity index (χ0n) is 22.6. The lowest BCUT2D eigenvalue weighted by Gasteiger charge is -2.38. The maximum absolute atomic E-state index is 12.6. The minimum atomic E-state index is -1.83. The first-order valence-corrected chi connectivity index (χ1v) is 12.6. The average Bonchev–Trinajstić information content (AvgIpc) is 3.41. The SMILES string of the molecule is CCOC(=O)c1cccc(-c2cn(CC(=O)NC(N)=N[C@H]3C=C(C(=O)O)O[C@@H]([C@H](O)[C@H](O)CO)[C@@H]3NC(C)=O)nn2)c1. The predicted molar refractivity (Wildman–Crippen MR) is 142 cm³/mol. The van der Waals surface area contributed by atoms with Crippen LogP contribution in [0.15, 0.2) is 47.3 Å². The first-order valence-electron chi connectivity index (χ1n) is 12.6. The molecule has 8 N–H and O–H groups in total. The molecule has 0 saturated heterocycles. The summed E-state index contributed by atoms with van der Waals surface area (Å²) in [4.78, 5) is 52.2. The van der Waals surface area contributed by atoms with Gasteiger partial charge in [0.25, 0.3) is 0 Å². The first-order chi connectivity index (χ1) is 19.9. The molecule has 0 spiro atoms. The van der Waals surface area contributed by atoms with Crippen LogP contribution in [0.1, 0.15) is 24.2 Å². The molecular formula is C25H31N7O10. The molecule has 1 aromatic heterocycles. The average molecular weight is 590 g/mol. The Morgan fingerprint density at radius 3 is 2.64 bits per heavy atom. The van der Waals surface area contributed by atoms with Gasteiger partial charge in [-0.05, 0) is 25.1 Å². The predicted octanol–water partition coefficient (Wildman–Crippen LogP) is -2.49. The molecule has 2 aromatic rings. The number of aliphatic hydroxyl groups excluding tert-OH is 3. The number of carbonyl (C=O) groups excluding carboxylic acids is 3. The largest absolute Gasteiger partial charge is 0.478 e. The van der Waals surface area contributed by atoms with Gasteiger partial charge in [-0.1, -0.05) is 17.3 Å². The van der Waals surface area contributed by atoms with E-state index in [0.29, 0.717) is 16.8 Å². The highest BCUT2D eigenvalue weighted by Crippen LogP contribution is 2.25. The van der Waals surface area contributed by atoms with Crippen molar-refractivity contribution in [2.24, 2.45) is 10.7 Å². The van der Waals surface area contributed by atoms with Crippen LogP contribution in [0.25, 0.3) is 11.3 Å². The van der Waals surface area contributed by atoms with Crippen molar-refractivity contribution in [3.63, 3.8) is 0 Å². The number of aliphatic carboxylic acids is 1. The van der Waals surface area contributed by atoms with E-state index in [-0.39, 0.29) is 13.2 Å². The molecule has 3 rings (SSSR count). The van der Waals surface area contributed by atoms with Gasteiger partial charge in [0.05, 0.1) is 37.1 Å². The molecule has 1 aliphatic heterocycles. The summed E-state index contributed by atoms with van der Waals surface area (Å²) in [5.41, 5.74) is 7.14. The number of carboxylic acids is 1. The second-order valence-corrected chi connectivity index (χ2v) is 9.04. The number of nitrogens with zero attached hydrogens (tertiary/aromatic N) is 4. The molecule has 0 saturated carbocycles. The van der Waals surface area contributed by atoms with E-state index in [1.807, 2.05) is 0 Å². The van der Waals surface area contributed by atoms with Crippen LogP contribution in [-0.2, 0) is 30.4 Å². The third-order valence-corrected chi connectivity index (χ3v) is 5.88. The highest BCUT2D eigenvalue weighted by molar-refractivity contribution is 5.96. The Hall–Kier alpha value is -4.87. The molecule has 0 fully saturated rings. The third kappa shape index (κ3) is 8.09. The Labute approximate surface area is 238 Å². The Balaban J connectivity index is 1.76. The van der Waals surface area contributed by atoms with E-state index in [0.717, 1.165) is 13.0 Å². The van der Waals surface area contributed by atoms with E-state index < -0.39 is 72.5 Å². The van der Waals surface area contributed by atoms with Crippen LogP contribution >= 0.6 is 0 Å². The van der Waals surface area contributed by atoms with Gasteiger partial charge in [-0.2, -0.15) is 0 Å². The number of aliphatic imine (C=N–C) groups is 1. The normalized spacial score (nSPS) is 20.0. The monoisotopic (exact) mass is 589 g/mol. The smallest absolute Gasteiger partial charge is 0.370 e. The lowest BCUT2D eigenvalue weighted by molar-refractivity contribution is -0.145. The summed E-state index contributed by atoms with van der Waals surface area (Å²) in [7, 11) is 0. The van der Waals surface area contributed by atoms with Crippen molar-refractivity contribution in [1.82, 2.24) is 25.6 Å². The summed E-state index contributed by atoms with van der Waals surface area (Å²) in [5.74, 6) is -4.47. The fraction of sp³-hybridized carbons (Fsp3) is 0.400. The van der Waals surface area contributed by atoms with Crippen LogP contribution < -0.4 is 16.4 Å². The summed E-state index contributed by atoms with van der Waals surface area (Å²) in [6.07, 6.45) is -2.66. The van der Waals surface area contributed by atoms with Crippen LogP contribution in [0.2, 0.25) is 0 Å². The topological polar surface area (TPSA) is 261 Å². The molecule has 2 amide bonds. The Bertz CT molecular complexity index is 1370. The minimum Gasteiger partial charge on any atom is -0.478 e. The number of aliphatic hydroxyl groups is 3. The highest BCUT2D eigenvalue weighted by atomic mass is 16.5. The van der Waals surface area contributed by atoms with Crippen molar-refractivity contribution < 1.29 is 49.1 Å². The molecule has 0 bridgehead atoms. The third-order valence-electron chi connectivity index (χ3n) is 5.88. The Kier molecular flexibility index (Phi) is 10.7. The van der Waals surface area contributed by atoms with E-state index in [4.69, 9.17) is 15.2 Å². The van der Waals surface area contributed by atoms with Crippen molar-refractivity contribution >= 4 is 29.7 Å². The van der Waals surface area contributed by atoms with Crippen molar-refractivity contribution in [3.8, 4) is 11.3 Å². The van der Waals surface area contributed by atoms with Gasteiger partial charge in [0, 0.05) is 12.5 Å². The lowest BCUT2D eigenvalue weighted by Crippen LogP contribution is -2.60. The number of guanidine groups is 1. The molecule has 226 valence electrons. The number of rotatable bonds is 11. The lowest BCUT2D eigenvalue weighted by atomic mass is 9.92. The fourth-order valence-corrected chi connectivity index (χ4v) is 4.01. The van der Waals surface area contributed by atoms with E-state index >= 15 is 0 Å². The number of hydrogen-bond acceptors (Lipinski definition) is 12. The number of nitrogens with one attached hydrogen (secondary N) is 2. The minimum absolute atomic E-state index is 0.218. The maximum Gasteiger partial charge on any atom is 0.370 e. The zero-order chi connectivity index (χ0) is 31.0. The molecule has 2 heterocycles. The van der Waals surface area contributed by atoms with Gasteiger partial charge >= 0.3 is 11.9 Å². The second kappa shape index (κ2) is 14.2. The summed E-state index contributed by atoms with van der Waals surface area (Å²) < 4.78 is 11.5. The number of nitrogens with two attached hydrogens (primary N) is 1. The molecule has 0 radical (unpaired) electrons. The summed E-state index contributed by atoms with van der Waals surface area (Å²) >= 11 is 0. The molecule has 17 nitrogen and oxygen atoms in total. The molecule has 42 heavy (non-hydrogen) atoms. The number of aromatic nitrogens is 3. The van der Waals surface area contributed by atoms with Gasteiger partial charge < -0.3 is 41.0 Å². The summed E-state index contributed by atoms with van der Waals surface area (Å²) in [6, 6.07) is 3.98. The Morgan fingerprint density at radius 2 is 2.00 bits per heavy atom. The van der Waals surface area contributed by atoms with Crippen LogP contribution in [-0.4, -0.2) is 109 Å². The number of carbonyl (C=O) groups is 4. The van der Waals surface area contributed by atoms with Crippen molar-refractivity contribution in [1.29, 1.82) is 0 Å². The van der Waals surface area contributed by atoms with Gasteiger partial charge in [0.2, 0.25) is 17.6 Å². The molecule has 0 unspecified atom stereocenters. The number of esters is 1. The van der Waals surface area contributed by atoms with Gasteiger partial charge in [0.15, 0.2) is 5.96 Å². The quantitative estimate of drug-likeness (QED) is 0.0813. The van der Waals surface area contributed by atoms with Crippen LogP contribution in [0.5, 0.6) is 0 Å². The highest BCUT2D eigenvalue weighted by Gasteiger charge is 2.43. The maximum atomic E-state index is 12.6. The van der Waals surface area contributed by atoms with Gasteiger partial charge in [-0.25, -0.2) is 19.3 Å². The van der Waals surface area contributed by atoms with Gasteiger partial charge in [0.1, 0.15) is 30.6 Å². The van der Waals surface area contributed by atoms with Gasteiger partial charge in [-0.15, -0.1) is 5.10 Å². The number of benzene rings is 1. The van der Waals surface area contributed by atoms with E-state index in [2.05, 4.69) is 25.9 Å². The first kappa shape index (κ1) is 31.7. The number of hydrogen-bond donors (Lipinski definition) is 7. The van der Waals surface area contributed by atoms with Crippen LogP contribution in [0.3, 0.4) is 0 Å². The summed E-state index contributed by atoms with van der Waals surface area (Å²) in [6.45, 7) is 1.82. The van der Waals surface area contributed by atoms with E-state index in [9.17, 15) is 39.6 Å². The zero-order valence-corrected chi connectivity index (χ0v) is 22.6. The van der Waals surface area contributed by atoms with Gasteiger partial charge in [-0.3, -0.25) is 14.9 Å². The van der Waals surface area contributed by atoms with Crippen molar-refractivity contribution in [2.75, 3.05) is 13.2 Å². The standard InChI is InChI=1S/C25H31N7O10/c1-3-41-24(40)14-6-4-5-13(7-14)16-9-32(31-30-16)10-19(36)29-25(26)28-15-8-18(23(38)39)42-22(20(15)27-12(2)34)21(37)17(35)11-33/h4-9,15,17,20-22,33,35,37H,3,10-11H2,1-2H3,(H,27,34)(H,38,39)(H3,26,28,29,36)/t15-,17+,20+,21+,22+/m0/s1. The van der Waals surface area contributed by atoms with E-state index in [1.165, 1.54) is 10.9 Å². The van der Waals surface area contributed by atoms with Crippen molar-refractivity contribution in [2.45, 2.75) is 50.8 Å². The fourth-order valence-electron chi connectivity index (χ4n) is 4.01. The number of carboxylic acid groups (broad SMARTS) is 1. The molecule has 1 aliphatic rings. The molecular weight excluding hydrogens is 558 g/mol. The van der Waals surface area contributed by atoms with Crippen LogP contribution in [0.4, 0.5) is 0 Å².